The predicted octanol–water partition coefficient (Wildman–Crippen LogP) is 2.85. The third-order valence-electron chi connectivity index (χ3n) is 2.63. The average molecular weight is 282 g/mol. The summed E-state index contributed by atoms with van der Waals surface area (Å²) in [5, 5.41) is 2.76. The number of thiazole rings is 1. The zero-order chi connectivity index (χ0) is 13.8. The van der Waals surface area contributed by atoms with Gasteiger partial charge in [-0.1, -0.05) is 0 Å². The molecule has 1 N–H and O–H groups in total. The first kappa shape index (κ1) is 12.4. The van der Waals surface area contributed by atoms with Crippen molar-refractivity contribution in [3.63, 3.8) is 0 Å². The Kier molecular flexibility index (Phi) is 3.47. The first-order valence-electron chi connectivity index (χ1n) is 5.89. The third kappa shape index (κ3) is 2.70. The highest BCUT2D eigenvalue weighted by Crippen LogP contribution is 2.20. The first-order valence-corrected chi connectivity index (χ1v) is 6.77. The minimum absolute atomic E-state index is 0.207. The highest BCUT2D eigenvalue weighted by atomic mass is 32.1. The molecule has 3 aromatic heterocycles. The molecule has 0 aliphatic carbocycles. The molecule has 98 valence electrons. The van der Waals surface area contributed by atoms with E-state index in [-0.39, 0.29) is 5.91 Å². The van der Waals surface area contributed by atoms with Gasteiger partial charge >= 0.3 is 0 Å². The predicted molar refractivity (Wildman–Crippen MR) is 77.5 cm³/mol. The number of amides is 1. The molecule has 0 saturated heterocycles. The van der Waals surface area contributed by atoms with Gasteiger partial charge in [-0.05, 0) is 24.3 Å². The number of anilines is 1. The Morgan fingerprint density at radius 3 is 2.70 bits per heavy atom. The molecule has 3 heterocycles. The van der Waals surface area contributed by atoms with Crippen LogP contribution in [-0.2, 0) is 0 Å². The normalized spacial score (nSPS) is 10.2. The van der Waals surface area contributed by atoms with Gasteiger partial charge in [0.05, 0.1) is 33.5 Å². The molecule has 0 unspecified atom stereocenters. The van der Waals surface area contributed by atoms with Gasteiger partial charge in [0, 0.05) is 18.6 Å². The number of nitrogens with zero attached hydrogens (tertiary/aromatic N) is 3. The Morgan fingerprint density at radius 1 is 1.10 bits per heavy atom. The van der Waals surface area contributed by atoms with Crippen LogP contribution in [0.15, 0.2) is 54.6 Å². The Balaban J connectivity index is 1.76. The summed E-state index contributed by atoms with van der Waals surface area (Å²) in [4.78, 5) is 25.2. The summed E-state index contributed by atoms with van der Waals surface area (Å²) in [6.45, 7) is 0. The Hall–Kier alpha value is -2.60. The second kappa shape index (κ2) is 5.58. The van der Waals surface area contributed by atoms with Crippen molar-refractivity contribution in [2.24, 2.45) is 0 Å². The number of nitrogens with one attached hydrogen (secondary N) is 1. The number of pyridine rings is 2. The Labute approximate surface area is 119 Å². The summed E-state index contributed by atoms with van der Waals surface area (Å²) in [5.41, 5.74) is 3.72. The number of rotatable bonds is 3. The molecular weight excluding hydrogens is 272 g/mol. The molecule has 20 heavy (non-hydrogen) atoms. The fourth-order valence-electron chi connectivity index (χ4n) is 1.66. The SMILES string of the molecule is O=C(Nc1cccnc1)c1ccc(-c2cncs2)nc1. The minimum Gasteiger partial charge on any atom is -0.321 e. The Morgan fingerprint density at radius 2 is 2.05 bits per heavy atom. The van der Waals surface area contributed by atoms with Gasteiger partial charge in [-0.3, -0.25) is 19.7 Å². The van der Waals surface area contributed by atoms with Crippen molar-refractivity contribution in [1.29, 1.82) is 0 Å². The van der Waals surface area contributed by atoms with Crippen molar-refractivity contribution in [1.82, 2.24) is 15.0 Å². The molecule has 0 aliphatic rings. The summed E-state index contributed by atoms with van der Waals surface area (Å²) in [5.74, 6) is -0.207. The second-order valence-electron chi connectivity index (χ2n) is 3.99. The van der Waals surface area contributed by atoms with Gasteiger partial charge in [0.2, 0.25) is 0 Å². The van der Waals surface area contributed by atoms with E-state index in [0.717, 1.165) is 10.6 Å². The standard InChI is InChI=1S/C14H10N4OS/c19-14(18-11-2-1-5-15-7-11)10-3-4-12(17-6-10)13-8-16-9-20-13/h1-9H,(H,18,19). The van der Waals surface area contributed by atoms with E-state index >= 15 is 0 Å². The van der Waals surface area contributed by atoms with E-state index < -0.39 is 0 Å². The minimum atomic E-state index is -0.207. The van der Waals surface area contributed by atoms with E-state index in [1.807, 2.05) is 6.07 Å². The van der Waals surface area contributed by atoms with Crippen molar-refractivity contribution in [3.05, 3.63) is 60.1 Å². The molecule has 1 amide bonds. The van der Waals surface area contributed by atoms with E-state index in [1.165, 1.54) is 11.3 Å². The number of carbonyl (C=O) groups is 1. The molecule has 0 fully saturated rings. The fraction of sp³-hybridized carbons (Fsp3) is 0. The van der Waals surface area contributed by atoms with E-state index in [1.54, 1.807) is 48.5 Å². The van der Waals surface area contributed by atoms with Crippen LogP contribution in [0.2, 0.25) is 0 Å². The molecule has 3 rings (SSSR count). The molecule has 0 spiro atoms. The first-order chi connectivity index (χ1) is 9.83. The number of hydrogen-bond acceptors (Lipinski definition) is 5. The van der Waals surface area contributed by atoms with Crippen molar-refractivity contribution in [3.8, 4) is 10.6 Å². The lowest BCUT2D eigenvalue weighted by Crippen LogP contribution is -2.12. The topological polar surface area (TPSA) is 67.8 Å². The summed E-state index contributed by atoms with van der Waals surface area (Å²) >= 11 is 1.51. The van der Waals surface area contributed by atoms with E-state index in [4.69, 9.17) is 0 Å². The molecule has 0 atom stereocenters. The smallest absolute Gasteiger partial charge is 0.257 e. The van der Waals surface area contributed by atoms with E-state index in [9.17, 15) is 4.79 Å². The maximum atomic E-state index is 12.0. The molecule has 0 aliphatic heterocycles. The van der Waals surface area contributed by atoms with Crippen LogP contribution < -0.4 is 5.32 Å². The summed E-state index contributed by atoms with van der Waals surface area (Å²) in [6, 6.07) is 7.10. The fourth-order valence-corrected chi connectivity index (χ4v) is 2.25. The van der Waals surface area contributed by atoms with Crippen LogP contribution in [0.4, 0.5) is 5.69 Å². The maximum absolute atomic E-state index is 12.0. The zero-order valence-corrected chi connectivity index (χ0v) is 11.2. The molecule has 0 saturated carbocycles. The van der Waals surface area contributed by atoms with E-state index in [2.05, 4.69) is 20.3 Å². The van der Waals surface area contributed by atoms with Crippen LogP contribution in [0.25, 0.3) is 10.6 Å². The lowest BCUT2D eigenvalue weighted by Gasteiger charge is -2.04. The molecule has 0 bridgehead atoms. The number of hydrogen-bond donors (Lipinski definition) is 1. The largest absolute Gasteiger partial charge is 0.321 e. The van der Waals surface area contributed by atoms with Crippen LogP contribution in [0.1, 0.15) is 10.4 Å². The zero-order valence-electron chi connectivity index (χ0n) is 10.4. The lowest BCUT2D eigenvalue weighted by atomic mass is 10.2. The third-order valence-corrected chi connectivity index (χ3v) is 3.43. The van der Waals surface area contributed by atoms with Crippen LogP contribution >= 0.6 is 11.3 Å². The molecule has 3 aromatic rings. The Bertz CT molecular complexity index is 696. The number of aromatic nitrogens is 3. The van der Waals surface area contributed by atoms with Gasteiger partial charge in [0.25, 0.3) is 5.91 Å². The van der Waals surface area contributed by atoms with Gasteiger partial charge in [0.15, 0.2) is 0 Å². The molecular formula is C14H10N4OS. The van der Waals surface area contributed by atoms with Crippen molar-refractivity contribution in [2.45, 2.75) is 0 Å². The average Bonchev–Trinajstić information content (AvgIpc) is 3.03. The molecule has 6 heteroatoms. The van der Waals surface area contributed by atoms with Gasteiger partial charge in [0.1, 0.15) is 0 Å². The highest BCUT2D eigenvalue weighted by molar-refractivity contribution is 7.13. The monoisotopic (exact) mass is 282 g/mol. The molecule has 5 nitrogen and oxygen atoms in total. The quantitative estimate of drug-likeness (QED) is 0.802. The highest BCUT2D eigenvalue weighted by Gasteiger charge is 2.08. The number of carbonyl (C=O) groups excluding carboxylic acids is 1. The maximum Gasteiger partial charge on any atom is 0.257 e. The van der Waals surface area contributed by atoms with Gasteiger partial charge in [-0.25, -0.2) is 0 Å². The van der Waals surface area contributed by atoms with Crippen LogP contribution in [0.5, 0.6) is 0 Å². The van der Waals surface area contributed by atoms with Gasteiger partial charge < -0.3 is 5.32 Å². The second-order valence-corrected chi connectivity index (χ2v) is 4.88. The molecule has 0 radical (unpaired) electrons. The van der Waals surface area contributed by atoms with Crippen LogP contribution in [0.3, 0.4) is 0 Å². The van der Waals surface area contributed by atoms with Crippen molar-refractivity contribution < 1.29 is 4.79 Å². The summed E-state index contributed by atoms with van der Waals surface area (Å²) in [7, 11) is 0. The molecule has 0 aromatic carbocycles. The van der Waals surface area contributed by atoms with E-state index in [0.29, 0.717) is 11.3 Å². The van der Waals surface area contributed by atoms with Gasteiger partial charge in [-0.15, -0.1) is 11.3 Å². The van der Waals surface area contributed by atoms with Crippen molar-refractivity contribution in [2.75, 3.05) is 5.32 Å². The lowest BCUT2D eigenvalue weighted by molar-refractivity contribution is 0.102. The summed E-state index contributed by atoms with van der Waals surface area (Å²) in [6.07, 6.45) is 6.56. The summed E-state index contributed by atoms with van der Waals surface area (Å²) < 4.78 is 0. The van der Waals surface area contributed by atoms with Gasteiger partial charge in [-0.2, -0.15) is 0 Å². The van der Waals surface area contributed by atoms with Crippen LogP contribution in [0, 0.1) is 0 Å². The van der Waals surface area contributed by atoms with Crippen LogP contribution in [-0.4, -0.2) is 20.9 Å². The van der Waals surface area contributed by atoms with Crippen molar-refractivity contribution >= 4 is 22.9 Å².